The van der Waals surface area contributed by atoms with Crippen LogP contribution in [-0.2, 0) is 26.0 Å². The van der Waals surface area contributed by atoms with Gasteiger partial charge in [0.15, 0.2) is 0 Å². The van der Waals surface area contributed by atoms with E-state index in [1.807, 2.05) is 44.2 Å². The Morgan fingerprint density at radius 2 is 1.92 bits per heavy atom. The van der Waals surface area contributed by atoms with Crippen LogP contribution in [0.4, 0.5) is 0 Å². The largest absolute Gasteiger partial charge is 0.379 e. The van der Waals surface area contributed by atoms with Crippen LogP contribution in [0.1, 0.15) is 25.8 Å². The number of benzene rings is 1. The zero-order valence-electron chi connectivity index (χ0n) is 14.7. The zero-order valence-corrected chi connectivity index (χ0v) is 15.5. The first kappa shape index (κ1) is 20.6. The first-order valence-corrected chi connectivity index (χ1v) is 10.0. The highest BCUT2D eigenvalue weighted by molar-refractivity contribution is 7.88. The highest BCUT2D eigenvalue weighted by Crippen LogP contribution is 2.04. The summed E-state index contributed by atoms with van der Waals surface area (Å²) < 4.78 is 30.3. The van der Waals surface area contributed by atoms with E-state index in [9.17, 15) is 13.2 Å². The van der Waals surface area contributed by atoms with Crippen molar-refractivity contribution in [3.05, 3.63) is 35.9 Å². The van der Waals surface area contributed by atoms with Crippen LogP contribution < -0.4 is 5.32 Å². The van der Waals surface area contributed by atoms with Crippen molar-refractivity contribution in [2.45, 2.75) is 32.8 Å². The summed E-state index contributed by atoms with van der Waals surface area (Å²) >= 11 is 0. The number of ether oxygens (including phenoxy) is 1. The van der Waals surface area contributed by atoms with Gasteiger partial charge >= 0.3 is 0 Å². The monoisotopic (exact) mass is 356 g/mol. The van der Waals surface area contributed by atoms with Gasteiger partial charge in [0, 0.05) is 19.7 Å². The maximum Gasteiger partial charge on any atom is 0.235 e. The summed E-state index contributed by atoms with van der Waals surface area (Å²) in [5.74, 6) is -0.293. The molecule has 6 nitrogen and oxygen atoms in total. The van der Waals surface area contributed by atoms with Crippen LogP contribution in [-0.4, -0.2) is 57.2 Å². The Morgan fingerprint density at radius 3 is 2.50 bits per heavy atom. The van der Waals surface area contributed by atoms with Gasteiger partial charge < -0.3 is 10.1 Å². The van der Waals surface area contributed by atoms with Crippen molar-refractivity contribution < 1.29 is 17.9 Å². The Labute approximate surface area is 145 Å². The second-order valence-corrected chi connectivity index (χ2v) is 7.94. The van der Waals surface area contributed by atoms with E-state index in [0.29, 0.717) is 26.0 Å². The number of nitrogens with one attached hydrogen (secondary N) is 1. The van der Waals surface area contributed by atoms with Crippen molar-refractivity contribution >= 4 is 15.9 Å². The Kier molecular flexibility index (Phi) is 8.95. The number of nitrogens with zero attached hydrogens (tertiary/aromatic N) is 1. The molecule has 0 saturated carbocycles. The van der Waals surface area contributed by atoms with Crippen LogP contribution in [0.3, 0.4) is 0 Å². The van der Waals surface area contributed by atoms with Crippen molar-refractivity contribution in [2.75, 3.05) is 32.5 Å². The predicted molar refractivity (Wildman–Crippen MR) is 95.3 cm³/mol. The fourth-order valence-corrected chi connectivity index (χ4v) is 2.87. The molecule has 7 heteroatoms. The van der Waals surface area contributed by atoms with E-state index < -0.39 is 10.0 Å². The predicted octanol–water partition coefficient (Wildman–Crippen LogP) is 1.42. The summed E-state index contributed by atoms with van der Waals surface area (Å²) in [5.41, 5.74) is 1.04. The second kappa shape index (κ2) is 10.4. The Morgan fingerprint density at radius 1 is 1.25 bits per heavy atom. The number of amides is 1. The summed E-state index contributed by atoms with van der Waals surface area (Å²) in [6, 6.07) is 9.61. The second-order valence-electron chi connectivity index (χ2n) is 5.96. The SMILES string of the molecule is CC(C)OCCCNC(=O)CN(CCc1ccccc1)S(C)(=O)=O. The van der Waals surface area contributed by atoms with Crippen molar-refractivity contribution in [2.24, 2.45) is 0 Å². The van der Waals surface area contributed by atoms with Gasteiger partial charge in [-0.2, -0.15) is 4.31 Å². The quantitative estimate of drug-likeness (QED) is 0.609. The summed E-state index contributed by atoms with van der Waals surface area (Å²) in [7, 11) is -3.43. The van der Waals surface area contributed by atoms with E-state index in [2.05, 4.69) is 5.32 Å². The van der Waals surface area contributed by atoms with E-state index in [4.69, 9.17) is 4.74 Å². The third kappa shape index (κ3) is 9.00. The molecule has 1 N–H and O–H groups in total. The molecule has 1 amide bonds. The lowest BCUT2D eigenvalue weighted by molar-refractivity contribution is -0.121. The molecule has 24 heavy (non-hydrogen) atoms. The molecule has 136 valence electrons. The Bertz CT molecular complexity index is 588. The van der Waals surface area contributed by atoms with E-state index in [-0.39, 0.29) is 25.1 Å². The molecule has 0 saturated heterocycles. The van der Waals surface area contributed by atoms with Crippen LogP contribution in [0.25, 0.3) is 0 Å². The summed E-state index contributed by atoms with van der Waals surface area (Å²) in [6.07, 6.45) is 2.57. The van der Waals surface area contributed by atoms with E-state index >= 15 is 0 Å². The van der Waals surface area contributed by atoms with E-state index in [1.165, 1.54) is 4.31 Å². The molecule has 0 heterocycles. The van der Waals surface area contributed by atoms with Crippen LogP contribution in [0.15, 0.2) is 30.3 Å². The van der Waals surface area contributed by atoms with Gasteiger partial charge in [0.2, 0.25) is 15.9 Å². The molecule has 0 atom stereocenters. The fraction of sp³-hybridized carbons (Fsp3) is 0.588. The van der Waals surface area contributed by atoms with Gasteiger partial charge in [-0.1, -0.05) is 30.3 Å². The standard InChI is InChI=1S/C17H28N2O4S/c1-15(2)23-13-7-11-18-17(20)14-19(24(3,21)22)12-10-16-8-5-4-6-9-16/h4-6,8-9,15H,7,10-14H2,1-3H3,(H,18,20). The van der Waals surface area contributed by atoms with Crippen molar-refractivity contribution in [3.63, 3.8) is 0 Å². The first-order chi connectivity index (χ1) is 11.3. The molecule has 0 aromatic heterocycles. The highest BCUT2D eigenvalue weighted by Gasteiger charge is 2.19. The maximum absolute atomic E-state index is 12.0. The van der Waals surface area contributed by atoms with Crippen LogP contribution >= 0.6 is 0 Å². The Hall–Kier alpha value is -1.44. The summed E-state index contributed by atoms with van der Waals surface area (Å²) in [6.45, 7) is 5.08. The average molecular weight is 356 g/mol. The van der Waals surface area contributed by atoms with Gasteiger partial charge in [0.25, 0.3) is 0 Å². The summed E-state index contributed by atoms with van der Waals surface area (Å²) in [5, 5.41) is 2.73. The van der Waals surface area contributed by atoms with Crippen molar-refractivity contribution in [1.29, 1.82) is 0 Å². The van der Waals surface area contributed by atoms with Crippen molar-refractivity contribution in [1.82, 2.24) is 9.62 Å². The smallest absolute Gasteiger partial charge is 0.235 e. The molecular formula is C17H28N2O4S. The van der Waals surface area contributed by atoms with Gasteiger partial charge in [0.05, 0.1) is 18.9 Å². The minimum atomic E-state index is -3.43. The average Bonchev–Trinajstić information content (AvgIpc) is 2.50. The molecule has 0 unspecified atom stereocenters. The third-order valence-electron chi connectivity index (χ3n) is 3.38. The van der Waals surface area contributed by atoms with Crippen molar-refractivity contribution in [3.8, 4) is 0 Å². The molecule has 1 aromatic carbocycles. The maximum atomic E-state index is 12.0. The van der Waals surface area contributed by atoms with E-state index in [1.54, 1.807) is 0 Å². The number of hydrogen-bond acceptors (Lipinski definition) is 4. The molecule has 0 fully saturated rings. The van der Waals surface area contributed by atoms with E-state index in [0.717, 1.165) is 11.8 Å². The minimum Gasteiger partial charge on any atom is -0.379 e. The molecule has 0 bridgehead atoms. The van der Waals surface area contributed by atoms with Gasteiger partial charge in [0.1, 0.15) is 0 Å². The molecule has 0 spiro atoms. The molecule has 1 aromatic rings. The number of rotatable bonds is 11. The molecule has 0 radical (unpaired) electrons. The van der Waals surface area contributed by atoms with Gasteiger partial charge in [-0.05, 0) is 32.3 Å². The number of hydrogen-bond donors (Lipinski definition) is 1. The van der Waals surface area contributed by atoms with Gasteiger partial charge in [-0.3, -0.25) is 4.79 Å². The van der Waals surface area contributed by atoms with Crippen LogP contribution in [0, 0.1) is 0 Å². The molecule has 1 rings (SSSR count). The summed E-state index contributed by atoms with van der Waals surface area (Å²) in [4.78, 5) is 12.0. The normalized spacial score (nSPS) is 11.9. The number of carbonyl (C=O) groups is 1. The minimum absolute atomic E-state index is 0.156. The molecule has 0 aliphatic heterocycles. The van der Waals surface area contributed by atoms with Gasteiger partial charge in [-0.25, -0.2) is 8.42 Å². The Balaban J connectivity index is 2.41. The number of sulfonamides is 1. The van der Waals surface area contributed by atoms with Gasteiger partial charge in [-0.15, -0.1) is 0 Å². The topological polar surface area (TPSA) is 75.7 Å². The third-order valence-corrected chi connectivity index (χ3v) is 4.63. The lowest BCUT2D eigenvalue weighted by Crippen LogP contribution is -2.41. The first-order valence-electron chi connectivity index (χ1n) is 8.16. The zero-order chi connectivity index (χ0) is 18.0. The molecule has 0 aliphatic carbocycles. The highest BCUT2D eigenvalue weighted by atomic mass is 32.2. The lowest BCUT2D eigenvalue weighted by Gasteiger charge is -2.19. The van der Waals surface area contributed by atoms with Crippen LogP contribution in [0.2, 0.25) is 0 Å². The number of carbonyl (C=O) groups excluding carboxylic acids is 1. The fourth-order valence-electron chi connectivity index (χ4n) is 2.10. The molecular weight excluding hydrogens is 328 g/mol. The molecule has 0 aliphatic rings. The van der Waals surface area contributed by atoms with Crippen LogP contribution in [0.5, 0.6) is 0 Å². The lowest BCUT2D eigenvalue weighted by atomic mass is 10.1.